The highest BCUT2D eigenvalue weighted by molar-refractivity contribution is 6.01. The van der Waals surface area contributed by atoms with Crippen LogP contribution in [0.25, 0.3) is 0 Å². The second-order valence-corrected chi connectivity index (χ2v) is 6.48. The van der Waals surface area contributed by atoms with Crippen LogP contribution in [-0.2, 0) is 20.8 Å². The third kappa shape index (κ3) is 4.63. The lowest BCUT2D eigenvalue weighted by molar-refractivity contribution is -0.141. The van der Waals surface area contributed by atoms with Crippen molar-refractivity contribution >= 4 is 29.2 Å². The van der Waals surface area contributed by atoms with Gasteiger partial charge in [-0.25, -0.2) is 0 Å². The Morgan fingerprint density at radius 2 is 1.89 bits per heavy atom. The largest absolute Gasteiger partial charge is 0.481 e. The van der Waals surface area contributed by atoms with Gasteiger partial charge in [-0.15, -0.1) is 0 Å². The van der Waals surface area contributed by atoms with Crippen LogP contribution < -0.4 is 15.4 Å². The molecule has 3 N–H and O–H groups in total. The Kier molecular flexibility index (Phi) is 5.40. The fourth-order valence-corrected chi connectivity index (χ4v) is 2.77. The van der Waals surface area contributed by atoms with Crippen molar-refractivity contribution in [3.63, 3.8) is 0 Å². The molecule has 0 fully saturated rings. The fraction of sp³-hybridized carbons (Fsp3) is 0.250. The minimum Gasteiger partial charge on any atom is -0.481 e. The normalized spacial score (nSPS) is 16.5. The minimum atomic E-state index is -0.893. The summed E-state index contributed by atoms with van der Waals surface area (Å²) >= 11 is 0. The van der Waals surface area contributed by atoms with E-state index in [-0.39, 0.29) is 18.2 Å². The Hall–Kier alpha value is -3.35. The van der Waals surface area contributed by atoms with E-state index in [0.717, 1.165) is 5.56 Å². The summed E-state index contributed by atoms with van der Waals surface area (Å²) in [7, 11) is 0. The molecule has 7 heteroatoms. The molecule has 1 aliphatic rings. The van der Waals surface area contributed by atoms with Gasteiger partial charge in [-0.1, -0.05) is 31.2 Å². The van der Waals surface area contributed by atoms with Crippen molar-refractivity contribution in [1.82, 2.24) is 0 Å². The second-order valence-electron chi connectivity index (χ2n) is 6.48. The molecule has 0 bridgehead atoms. The van der Waals surface area contributed by atoms with Crippen molar-refractivity contribution in [2.24, 2.45) is 5.92 Å². The Morgan fingerprint density at radius 3 is 2.59 bits per heavy atom. The molecule has 0 aromatic heterocycles. The molecule has 3 rings (SSSR count). The third-order valence-electron chi connectivity index (χ3n) is 4.28. The molecule has 1 aliphatic heterocycles. The molecular formula is C20H20N2O5. The Morgan fingerprint density at radius 1 is 1.19 bits per heavy atom. The molecule has 2 atom stereocenters. The van der Waals surface area contributed by atoms with E-state index < -0.39 is 18.0 Å². The van der Waals surface area contributed by atoms with Crippen molar-refractivity contribution in [1.29, 1.82) is 0 Å². The van der Waals surface area contributed by atoms with Crippen molar-refractivity contribution in [2.75, 3.05) is 10.6 Å². The molecule has 2 aromatic carbocycles. The summed E-state index contributed by atoms with van der Waals surface area (Å²) in [6, 6.07) is 14.0. The molecule has 0 radical (unpaired) electrons. The van der Waals surface area contributed by atoms with Crippen LogP contribution in [0.4, 0.5) is 11.4 Å². The van der Waals surface area contributed by atoms with Gasteiger partial charge in [0.2, 0.25) is 5.91 Å². The molecular weight excluding hydrogens is 348 g/mol. The molecule has 0 aliphatic carbocycles. The lowest BCUT2D eigenvalue weighted by Gasteiger charge is -2.25. The summed E-state index contributed by atoms with van der Waals surface area (Å²) in [5, 5.41) is 14.4. The van der Waals surface area contributed by atoms with Crippen molar-refractivity contribution < 1.29 is 24.2 Å². The van der Waals surface area contributed by atoms with E-state index in [0.29, 0.717) is 23.5 Å². The van der Waals surface area contributed by atoms with Crippen LogP contribution in [-0.4, -0.2) is 29.0 Å². The van der Waals surface area contributed by atoms with Gasteiger partial charge in [-0.05, 0) is 36.2 Å². The molecule has 2 amide bonds. The topological polar surface area (TPSA) is 105 Å². The van der Waals surface area contributed by atoms with Gasteiger partial charge in [0, 0.05) is 5.69 Å². The first-order valence-corrected chi connectivity index (χ1v) is 8.60. The maximum absolute atomic E-state index is 12.2. The van der Waals surface area contributed by atoms with E-state index in [4.69, 9.17) is 9.84 Å². The van der Waals surface area contributed by atoms with Crippen LogP contribution in [0.5, 0.6) is 5.75 Å². The third-order valence-corrected chi connectivity index (χ3v) is 4.28. The maximum Gasteiger partial charge on any atom is 0.306 e. The lowest BCUT2D eigenvalue weighted by atomic mass is 10.0. The highest BCUT2D eigenvalue weighted by Crippen LogP contribution is 2.29. The zero-order chi connectivity index (χ0) is 19.4. The summed E-state index contributed by atoms with van der Waals surface area (Å²) in [5.41, 5.74) is 2.03. The van der Waals surface area contributed by atoms with E-state index in [2.05, 4.69) is 10.6 Å². The van der Waals surface area contributed by atoms with Gasteiger partial charge >= 0.3 is 5.97 Å². The Balaban J connectivity index is 1.56. The smallest absolute Gasteiger partial charge is 0.306 e. The molecule has 2 aromatic rings. The van der Waals surface area contributed by atoms with Crippen LogP contribution in [0.2, 0.25) is 0 Å². The first-order valence-electron chi connectivity index (χ1n) is 8.60. The number of carbonyl (C=O) groups is 3. The highest BCUT2D eigenvalue weighted by Gasteiger charge is 2.29. The number of para-hydroxylation sites is 2. The number of ether oxygens (including phenoxy) is 1. The Bertz CT molecular complexity index is 863. The van der Waals surface area contributed by atoms with Gasteiger partial charge in [0.1, 0.15) is 5.75 Å². The molecule has 0 spiro atoms. The first kappa shape index (κ1) is 18.4. The molecule has 7 nitrogen and oxygen atoms in total. The SMILES string of the molecule is CC(Cc1ccc(NC(=O)CC2Oc3ccccc3NC2=O)cc1)C(=O)O. The zero-order valence-electron chi connectivity index (χ0n) is 14.8. The van der Waals surface area contributed by atoms with E-state index in [9.17, 15) is 14.4 Å². The number of benzene rings is 2. The molecule has 0 saturated carbocycles. The predicted octanol–water partition coefficient (Wildman–Crippen LogP) is 2.68. The van der Waals surface area contributed by atoms with Crippen molar-refractivity contribution in [2.45, 2.75) is 25.9 Å². The molecule has 1 heterocycles. The van der Waals surface area contributed by atoms with Gasteiger partial charge in [0.25, 0.3) is 5.91 Å². The number of aliphatic carboxylic acids is 1. The summed E-state index contributed by atoms with van der Waals surface area (Å²) in [6.45, 7) is 1.64. The van der Waals surface area contributed by atoms with E-state index in [1.54, 1.807) is 55.5 Å². The second kappa shape index (κ2) is 7.90. The molecule has 27 heavy (non-hydrogen) atoms. The maximum atomic E-state index is 12.2. The number of hydrogen-bond acceptors (Lipinski definition) is 4. The summed E-state index contributed by atoms with van der Waals surface area (Å²) in [6.07, 6.45) is -0.590. The molecule has 140 valence electrons. The Labute approximate surface area is 156 Å². The van der Waals surface area contributed by atoms with Crippen LogP contribution in [0.15, 0.2) is 48.5 Å². The number of carboxylic acid groups (broad SMARTS) is 1. The fourth-order valence-electron chi connectivity index (χ4n) is 2.77. The van der Waals surface area contributed by atoms with Crippen LogP contribution >= 0.6 is 0 Å². The number of rotatable bonds is 6. The first-order chi connectivity index (χ1) is 12.9. The standard InChI is InChI=1S/C20H20N2O5/c1-12(20(25)26)10-13-6-8-14(9-7-13)21-18(23)11-17-19(24)22-15-4-2-3-5-16(15)27-17/h2-9,12,17H,10-11H2,1H3,(H,21,23)(H,22,24)(H,25,26). The summed E-state index contributed by atoms with van der Waals surface area (Å²) < 4.78 is 5.61. The number of anilines is 2. The van der Waals surface area contributed by atoms with Gasteiger partial charge in [-0.3, -0.25) is 14.4 Å². The van der Waals surface area contributed by atoms with Crippen LogP contribution in [0, 0.1) is 5.92 Å². The number of carboxylic acids is 1. The summed E-state index contributed by atoms with van der Waals surface area (Å²) in [4.78, 5) is 35.2. The zero-order valence-corrected chi connectivity index (χ0v) is 14.8. The van der Waals surface area contributed by atoms with Gasteiger partial charge in [0.05, 0.1) is 18.0 Å². The highest BCUT2D eigenvalue weighted by atomic mass is 16.5. The quantitative estimate of drug-likeness (QED) is 0.727. The average molecular weight is 368 g/mol. The summed E-state index contributed by atoms with van der Waals surface area (Å²) in [5.74, 6) is -1.50. The number of amides is 2. The predicted molar refractivity (Wildman–Crippen MR) is 99.7 cm³/mol. The van der Waals surface area contributed by atoms with Gasteiger partial charge in [-0.2, -0.15) is 0 Å². The number of fused-ring (bicyclic) bond motifs is 1. The number of nitrogens with one attached hydrogen (secondary N) is 2. The van der Waals surface area contributed by atoms with Gasteiger partial charge < -0.3 is 20.5 Å². The minimum absolute atomic E-state index is 0.113. The van der Waals surface area contributed by atoms with Crippen molar-refractivity contribution in [3.05, 3.63) is 54.1 Å². The molecule has 0 saturated heterocycles. The van der Waals surface area contributed by atoms with E-state index in [1.807, 2.05) is 0 Å². The number of hydrogen-bond donors (Lipinski definition) is 3. The average Bonchev–Trinajstić information content (AvgIpc) is 2.64. The van der Waals surface area contributed by atoms with Crippen molar-refractivity contribution in [3.8, 4) is 5.75 Å². The monoisotopic (exact) mass is 368 g/mol. The van der Waals surface area contributed by atoms with E-state index in [1.165, 1.54) is 0 Å². The van der Waals surface area contributed by atoms with Crippen LogP contribution in [0.1, 0.15) is 18.9 Å². The number of carbonyl (C=O) groups excluding carboxylic acids is 2. The van der Waals surface area contributed by atoms with E-state index >= 15 is 0 Å². The molecule has 2 unspecified atom stereocenters. The lowest BCUT2D eigenvalue weighted by Crippen LogP contribution is -2.39. The van der Waals surface area contributed by atoms with Crippen LogP contribution in [0.3, 0.4) is 0 Å². The van der Waals surface area contributed by atoms with Gasteiger partial charge in [0.15, 0.2) is 6.10 Å².